The monoisotopic (exact) mass is 241 g/mol. The largest absolute Gasteiger partial charge is 0.311 e. The van der Waals surface area contributed by atoms with Crippen LogP contribution in [0.25, 0.3) is 0 Å². The van der Waals surface area contributed by atoms with Crippen LogP contribution in [0.2, 0.25) is 0 Å². The van der Waals surface area contributed by atoms with Gasteiger partial charge < -0.3 is 10.2 Å². The number of hydrogen-bond donors (Lipinski definition) is 1. The van der Waals surface area contributed by atoms with Crippen molar-refractivity contribution in [2.75, 3.05) is 33.7 Å². The molecule has 102 valence electrons. The van der Waals surface area contributed by atoms with E-state index in [2.05, 4.69) is 56.9 Å². The minimum Gasteiger partial charge on any atom is -0.311 e. The Balaban J connectivity index is 2.37. The van der Waals surface area contributed by atoms with E-state index in [4.69, 9.17) is 0 Å². The predicted molar refractivity (Wildman–Crippen MR) is 75.5 cm³/mol. The molecule has 1 aliphatic rings. The molecule has 0 bridgehead atoms. The van der Waals surface area contributed by atoms with Crippen LogP contribution in [0.3, 0.4) is 0 Å². The summed E-state index contributed by atoms with van der Waals surface area (Å²) in [6, 6.07) is 1.33. The third kappa shape index (κ3) is 5.36. The quantitative estimate of drug-likeness (QED) is 0.809. The van der Waals surface area contributed by atoms with Crippen LogP contribution in [0.5, 0.6) is 0 Å². The molecule has 0 saturated carbocycles. The number of nitrogens with zero attached hydrogens (tertiary/aromatic N) is 2. The van der Waals surface area contributed by atoms with Crippen LogP contribution in [-0.2, 0) is 0 Å². The van der Waals surface area contributed by atoms with Gasteiger partial charge in [0.05, 0.1) is 0 Å². The fraction of sp³-hybridized carbons (Fsp3) is 1.00. The molecule has 2 unspecified atom stereocenters. The van der Waals surface area contributed by atoms with Gasteiger partial charge in [0.2, 0.25) is 0 Å². The molecule has 17 heavy (non-hydrogen) atoms. The summed E-state index contributed by atoms with van der Waals surface area (Å²) in [7, 11) is 4.51. The van der Waals surface area contributed by atoms with E-state index in [1.807, 2.05) is 0 Å². The van der Waals surface area contributed by atoms with Crippen molar-refractivity contribution < 1.29 is 0 Å². The van der Waals surface area contributed by atoms with Gasteiger partial charge in [0.25, 0.3) is 0 Å². The molecule has 0 aliphatic carbocycles. The molecular formula is C14H31N3. The van der Waals surface area contributed by atoms with Crippen LogP contribution in [0.4, 0.5) is 0 Å². The van der Waals surface area contributed by atoms with E-state index < -0.39 is 0 Å². The highest BCUT2D eigenvalue weighted by Gasteiger charge is 2.24. The molecule has 0 radical (unpaired) electrons. The topological polar surface area (TPSA) is 18.5 Å². The van der Waals surface area contributed by atoms with Crippen LogP contribution in [0, 0.1) is 0 Å². The molecule has 1 N–H and O–H groups in total. The molecule has 1 saturated heterocycles. The smallest absolute Gasteiger partial charge is 0.0223 e. The molecule has 3 nitrogen and oxygen atoms in total. The van der Waals surface area contributed by atoms with Gasteiger partial charge in [0, 0.05) is 30.7 Å². The summed E-state index contributed by atoms with van der Waals surface area (Å²) in [5.74, 6) is 0. The minimum atomic E-state index is 0.221. The Hall–Kier alpha value is -0.120. The SMILES string of the molecule is CC(CNC(C)(C)C)N(C)C1CCCN(C)C1. The van der Waals surface area contributed by atoms with E-state index in [1.54, 1.807) is 0 Å². The molecule has 0 spiro atoms. The Morgan fingerprint density at radius 1 is 1.41 bits per heavy atom. The van der Waals surface area contributed by atoms with Crippen LogP contribution >= 0.6 is 0 Å². The fourth-order valence-electron chi connectivity index (χ4n) is 2.43. The molecule has 3 heteroatoms. The van der Waals surface area contributed by atoms with E-state index in [0.717, 1.165) is 12.6 Å². The second-order valence-electron chi connectivity index (χ2n) is 6.70. The summed E-state index contributed by atoms with van der Waals surface area (Å²) in [6.07, 6.45) is 2.69. The molecule has 0 aromatic carbocycles. The van der Waals surface area contributed by atoms with Gasteiger partial charge >= 0.3 is 0 Å². The van der Waals surface area contributed by atoms with Gasteiger partial charge in [-0.05, 0) is 61.2 Å². The highest BCUT2D eigenvalue weighted by atomic mass is 15.2. The van der Waals surface area contributed by atoms with Crippen LogP contribution in [-0.4, -0.2) is 61.2 Å². The van der Waals surface area contributed by atoms with Crippen molar-refractivity contribution in [3.8, 4) is 0 Å². The maximum absolute atomic E-state index is 3.60. The molecule has 0 aromatic rings. The number of nitrogens with one attached hydrogen (secondary N) is 1. The summed E-state index contributed by atoms with van der Waals surface area (Å²) < 4.78 is 0. The van der Waals surface area contributed by atoms with Crippen LogP contribution in [0.15, 0.2) is 0 Å². The van der Waals surface area contributed by atoms with Crippen molar-refractivity contribution >= 4 is 0 Å². The summed E-state index contributed by atoms with van der Waals surface area (Å²) >= 11 is 0. The molecule has 0 amide bonds. The molecular weight excluding hydrogens is 210 g/mol. The Morgan fingerprint density at radius 2 is 2.06 bits per heavy atom. The van der Waals surface area contributed by atoms with E-state index in [-0.39, 0.29) is 5.54 Å². The van der Waals surface area contributed by atoms with E-state index in [0.29, 0.717) is 6.04 Å². The van der Waals surface area contributed by atoms with Crippen molar-refractivity contribution in [2.45, 2.75) is 58.2 Å². The van der Waals surface area contributed by atoms with Gasteiger partial charge in [-0.25, -0.2) is 0 Å². The number of likely N-dealkylation sites (N-methyl/N-ethyl adjacent to an activating group) is 2. The number of likely N-dealkylation sites (tertiary alicyclic amines) is 1. The van der Waals surface area contributed by atoms with E-state index >= 15 is 0 Å². The molecule has 0 aromatic heterocycles. The average Bonchev–Trinajstić information content (AvgIpc) is 2.24. The number of piperidine rings is 1. The van der Waals surface area contributed by atoms with Crippen molar-refractivity contribution in [1.29, 1.82) is 0 Å². The van der Waals surface area contributed by atoms with Gasteiger partial charge in [-0.3, -0.25) is 4.90 Å². The van der Waals surface area contributed by atoms with Crippen molar-refractivity contribution in [1.82, 2.24) is 15.1 Å². The molecule has 1 aliphatic heterocycles. The highest BCUT2D eigenvalue weighted by molar-refractivity contribution is 4.82. The van der Waals surface area contributed by atoms with Crippen LogP contribution < -0.4 is 5.32 Å². The van der Waals surface area contributed by atoms with Gasteiger partial charge in [-0.15, -0.1) is 0 Å². The Kier molecular flexibility index (Phi) is 5.42. The zero-order valence-electron chi connectivity index (χ0n) is 12.6. The van der Waals surface area contributed by atoms with Gasteiger partial charge in [0.1, 0.15) is 0 Å². The lowest BCUT2D eigenvalue weighted by Gasteiger charge is -2.39. The Bertz CT molecular complexity index is 222. The standard InChI is InChI=1S/C14H31N3/c1-12(10-15-14(2,3)4)17(6)13-8-7-9-16(5)11-13/h12-13,15H,7-11H2,1-6H3. The average molecular weight is 241 g/mol. The van der Waals surface area contributed by atoms with Crippen molar-refractivity contribution in [3.63, 3.8) is 0 Å². The molecule has 1 rings (SSSR count). The summed E-state index contributed by atoms with van der Waals surface area (Å²) in [5.41, 5.74) is 0.221. The second-order valence-corrected chi connectivity index (χ2v) is 6.70. The first-order valence-corrected chi connectivity index (χ1v) is 6.95. The number of hydrogen-bond acceptors (Lipinski definition) is 3. The predicted octanol–water partition coefficient (Wildman–Crippen LogP) is 1.79. The third-order valence-electron chi connectivity index (χ3n) is 3.80. The summed E-state index contributed by atoms with van der Waals surface area (Å²) in [4.78, 5) is 5.00. The Labute approximate surface area is 108 Å². The normalized spacial score (nSPS) is 25.2. The maximum Gasteiger partial charge on any atom is 0.0223 e. The minimum absolute atomic E-state index is 0.221. The highest BCUT2D eigenvalue weighted by Crippen LogP contribution is 2.15. The van der Waals surface area contributed by atoms with Gasteiger partial charge in [-0.2, -0.15) is 0 Å². The fourth-order valence-corrected chi connectivity index (χ4v) is 2.43. The summed E-state index contributed by atoms with van der Waals surface area (Å²) in [6.45, 7) is 12.6. The first kappa shape index (κ1) is 14.9. The Morgan fingerprint density at radius 3 is 2.59 bits per heavy atom. The molecule has 1 heterocycles. The van der Waals surface area contributed by atoms with E-state index in [9.17, 15) is 0 Å². The first-order chi connectivity index (χ1) is 7.79. The summed E-state index contributed by atoms with van der Waals surface area (Å²) in [5, 5.41) is 3.60. The zero-order chi connectivity index (χ0) is 13.1. The third-order valence-corrected chi connectivity index (χ3v) is 3.80. The van der Waals surface area contributed by atoms with E-state index in [1.165, 1.54) is 25.9 Å². The lowest BCUT2D eigenvalue weighted by Crippen LogP contribution is -2.52. The maximum atomic E-state index is 3.60. The molecule has 2 atom stereocenters. The molecule has 1 fully saturated rings. The zero-order valence-corrected chi connectivity index (χ0v) is 12.6. The number of rotatable bonds is 4. The lowest BCUT2D eigenvalue weighted by atomic mass is 10.0. The second kappa shape index (κ2) is 6.17. The lowest BCUT2D eigenvalue weighted by molar-refractivity contribution is 0.101. The first-order valence-electron chi connectivity index (χ1n) is 6.95. The van der Waals surface area contributed by atoms with Crippen molar-refractivity contribution in [3.05, 3.63) is 0 Å². The van der Waals surface area contributed by atoms with Crippen molar-refractivity contribution in [2.24, 2.45) is 0 Å². The van der Waals surface area contributed by atoms with Crippen LogP contribution in [0.1, 0.15) is 40.5 Å². The van der Waals surface area contributed by atoms with Gasteiger partial charge in [-0.1, -0.05) is 0 Å². The van der Waals surface area contributed by atoms with Gasteiger partial charge in [0.15, 0.2) is 0 Å².